The number of carbonyl (C=O) groups is 1. The van der Waals surface area contributed by atoms with Gasteiger partial charge in [0.05, 0.1) is 6.04 Å². The molecule has 4 nitrogen and oxygen atoms in total. The van der Waals surface area contributed by atoms with E-state index in [2.05, 4.69) is 11.8 Å². The lowest BCUT2D eigenvalue weighted by Gasteiger charge is -2.37. The number of hydrogen-bond acceptors (Lipinski definition) is 3. The molecule has 1 rings (SSSR count). The Bertz CT molecular complexity index is 220. The summed E-state index contributed by atoms with van der Waals surface area (Å²) in [6.07, 6.45) is 5.10. The standard InChI is InChI=1S/C11H23N3O/c1-8-5-3-4-6-10(8)14(2)7-9(12)11(13)15/h8-10H,3-7,12H2,1-2H3,(H2,13,15). The Morgan fingerprint density at radius 3 is 2.60 bits per heavy atom. The highest BCUT2D eigenvalue weighted by Crippen LogP contribution is 2.27. The van der Waals surface area contributed by atoms with Crippen molar-refractivity contribution >= 4 is 5.91 Å². The fourth-order valence-corrected chi connectivity index (χ4v) is 2.49. The van der Waals surface area contributed by atoms with Gasteiger partial charge in [-0.25, -0.2) is 0 Å². The molecule has 1 saturated carbocycles. The van der Waals surface area contributed by atoms with Crippen LogP contribution in [0.3, 0.4) is 0 Å². The second kappa shape index (κ2) is 5.47. The molecule has 0 aromatic rings. The first-order valence-corrected chi connectivity index (χ1v) is 5.77. The highest BCUT2D eigenvalue weighted by atomic mass is 16.1. The molecule has 4 heteroatoms. The van der Waals surface area contributed by atoms with Crippen LogP contribution in [0, 0.1) is 5.92 Å². The van der Waals surface area contributed by atoms with Gasteiger partial charge in [0.15, 0.2) is 0 Å². The molecule has 1 aliphatic rings. The van der Waals surface area contributed by atoms with E-state index in [0.717, 1.165) is 0 Å². The Morgan fingerprint density at radius 2 is 2.07 bits per heavy atom. The molecule has 4 N–H and O–H groups in total. The van der Waals surface area contributed by atoms with Crippen molar-refractivity contribution in [2.45, 2.75) is 44.7 Å². The minimum atomic E-state index is -0.538. The minimum Gasteiger partial charge on any atom is -0.368 e. The topological polar surface area (TPSA) is 72.3 Å². The lowest BCUT2D eigenvalue weighted by Crippen LogP contribution is -2.49. The van der Waals surface area contributed by atoms with E-state index in [1.807, 2.05) is 7.05 Å². The second-order valence-corrected chi connectivity index (χ2v) is 4.78. The Labute approximate surface area is 92.0 Å². The summed E-state index contributed by atoms with van der Waals surface area (Å²) < 4.78 is 0. The van der Waals surface area contributed by atoms with E-state index in [1.54, 1.807) is 0 Å². The molecule has 0 aromatic heterocycles. The van der Waals surface area contributed by atoms with Crippen molar-refractivity contribution in [2.24, 2.45) is 17.4 Å². The van der Waals surface area contributed by atoms with E-state index < -0.39 is 11.9 Å². The summed E-state index contributed by atoms with van der Waals surface area (Å²) in [5.41, 5.74) is 10.8. The number of rotatable bonds is 4. The lowest BCUT2D eigenvalue weighted by atomic mass is 9.85. The van der Waals surface area contributed by atoms with Crippen molar-refractivity contribution < 1.29 is 4.79 Å². The van der Waals surface area contributed by atoms with Crippen LogP contribution >= 0.6 is 0 Å². The minimum absolute atomic E-state index is 0.412. The van der Waals surface area contributed by atoms with E-state index in [0.29, 0.717) is 18.5 Å². The van der Waals surface area contributed by atoms with Crippen molar-refractivity contribution in [1.29, 1.82) is 0 Å². The van der Waals surface area contributed by atoms with Crippen LogP contribution in [0.15, 0.2) is 0 Å². The third kappa shape index (κ3) is 3.47. The van der Waals surface area contributed by atoms with Gasteiger partial charge in [-0.3, -0.25) is 4.79 Å². The zero-order valence-corrected chi connectivity index (χ0v) is 9.78. The molecule has 0 radical (unpaired) electrons. The van der Waals surface area contributed by atoms with Crippen LogP contribution < -0.4 is 11.5 Å². The quantitative estimate of drug-likeness (QED) is 0.706. The van der Waals surface area contributed by atoms with Crippen LogP contribution in [-0.4, -0.2) is 36.5 Å². The van der Waals surface area contributed by atoms with Gasteiger partial charge in [0.2, 0.25) is 5.91 Å². The Kier molecular flexibility index (Phi) is 4.54. The maximum Gasteiger partial charge on any atom is 0.235 e. The fraction of sp³-hybridized carbons (Fsp3) is 0.909. The number of likely N-dealkylation sites (N-methyl/N-ethyl adjacent to an activating group) is 1. The molecule has 3 atom stereocenters. The molecule has 15 heavy (non-hydrogen) atoms. The Balaban J connectivity index is 2.44. The monoisotopic (exact) mass is 213 g/mol. The summed E-state index contributed by atoms with van der Waals surface area (Å²) in [5, 5.41) is 0. The highest BCUT2D eigenvalue weighted by Gasteiger charge is 2.26. The summed E-state index contributed by atoms with van der Waals surface area (Å²) in [6.45, 7) is 2.85. The van der Waals surface area contributed by atoms with E-state index in [4.69, 9.17) is 11.5 Å². The van der Waals surface area contributed by atoms with Crippen molar-refractivity contribution in [1.82, 2.24) is 4.90 Å². The average molecular weight is 213 g/mol. The van der Waals surface area contributed by atoms with E-state index in [1.165, 1.54) is 25.7 Å². The molecule has 1 amide bonds. The molecule has 1 aliphatic carbocycles. The SMILES string of the molecule is CC1CCCCC1N(C)CC(N)C(N)=O. The first kappa shape index (κ1) is 12.5. The zero-order valence-electron chi connectivity index (χ0n) is 9.78. The predicted octanol–water partition coefficient (Wildman–Crippen LogP) is 0.310. The normalized spacial score (nSPS) is 29.1. The van der Waals surface area contributed by atoms with Gasteiger partial charge in [-0.05, 0) is 25.8 Å². The summed E-state index contributed by atoms with van der Waals surface area (Å²) in [5.74, 6) is 0.286. The summed E-state index contributed by atoms with van der Waals surface area (Å²) in [7, 11) is 2.04. The maximum absolute atomic E-state index is 10.9. The van der Waals surface area contributed by atoms with Gasteiger partial charge in [0.25, 0.3) is 0 Å². The zero-order chi connectivity index (χ0) is 11.4. The van der Waals surface area contributed by atoms with E-state index in [9.17, 15) is 4.79 Å². The van der Waals surface area contributed by atoms with Crippen molar-refractivity contribution in [3.05, 3.63) is 0 Å². The summed E-state index contributed by atoms with van der Waals surface area (Å²) in [4.78, 5) is 13.1. The van der Waals surface area contributed by atoms with E-state index >= 15 is 0 Å². The molecule has 0 heterocycles. The Hall–Kier alpha value is -0.610. The number of primary amides is 1. The van der Waals surface area contributed by atoms with Crippen LogP contribution in [0.5, 0.6) is 0 Å². The highest BCUT2D eigenvalue weighted by molar-refractivity contribution is 5.79. The number of nitrogens with two attached hydrogens (primary N) is 2. The molecule has 1 fully saturated rings. The van der Waals surface area contributed by atoms with Crippen molar-refractivity contribution in [3.63, 3.8) is 0 Å². The molecule has 0 aromatic carbocycles. The molecular formula is C11H23N3O. The van der Waals surface area contributed by atoms with Gasteiger partial charge in [-0.1, -0.05) is 19.8 Å². The number of amides is 1. The van der Waals surface area contributed by atoms with Gasteiger partial charge in [-0.15, -0.1) is 0 Å². The Morgan fingerprint density at radius 1 is 1.47 bits per heavy atom. The van der Waals surface area contributed by atoms with Crippen molar-refractivity contribution in [3.8, 4) is 0 Å². The van der Waals surface area contributed by atoms with Gasteiger partial charge in [0, 0.05) is 12.6 Å². The van der Waals surface area contributed by atoms with Gasteiger partial charge >= 0.3 is 0 Å². The summed E-state index contributed by atoms with van der Waals surface area (Å²) >= 11 is 0. The first-order valence-electron chi connectivity index (χ1n) is 5.77. The number of carbonyl (C=O) groups excluding carboxylic acids is 1. The second-order valence-electron chi connectivity index (χ2n) is 4.78. The van der Waals surface area contributed by atoms with Gasteiger partial charge in [-0.2, -0.15) is 0 Å². The third-order valence-electron chi connectivity index (χ3n) is 3.48. The smallest absolute Gasteiger partial charge is 0.235 e. The largest absolute Gasteiger partial charge is 0.368 e. The number of hydrogen-bond donors (Lipinski definition) is 2. The fourth-order valence-electron chi connectivity index (χ4n) is 2.49. The maximum atomic E-state index is 10.9. The molecule has 0 bridgehead atoms. The van der Waals surface area contributed by atoms with Gasteiger partial charge in [0.1, 0.15) is 0 Å². The lowest BCUT2D eigenvalue weighted by molar-refractivity contribution is -0.119. The van der Waals surface area contributed by atoms with Crippen LogP contribution in [0.25, 0.3) is 0 Å². The van der Waals surface area contributed by atoms with Crippen LogP contribution in [0.1, 0.15) is 32.6 Å². The predicted molar refractivity (Wildman–Crippen MR) is 61.2 cm³/mol. The first-order chi connectivity index (χ1) is 7.02. The van der Waals surface area contributed by atoms with Crippen LogP contribution in [0.4, 0.5) is 0 Å². The van der Waals surface area contributed by atoms with Crippen LogP contribution in [-0.2, 0) is 4.79 Å². The molecular weight excluding hydrogens is 190 g/mol. The van der Waals surface area contributed by atoms with Crippen molar-refractivity contribution in [2.75, 3.05) is 13.6 Å². The number of nitrogens with zero attached hydrogens (tertiary/aromatic N) is 1. The molecule has 88 valence electrons. The van der Waals surface area contributed by atoms with Crippen LogP contribution in [0.2, 0.25) is 0 Å². The van der Waals surface area contributed by atoms with E-state index in [-0.39, 0.29) is 0 Å². The summed E-state index contributed by atoms with van der Waals surface area (Å²) in [6, 6.07) is 0.0216. The molecule has 0 saturated heterocycles. The average Bonchev–Trinajstić information content (AvgIpc) is 2.18. The molecule has 0 spiro atoms. The molecule has 0 aliphatic heterocycles. The van der Waals surface area contributed by atoms with Gasteiger partial charge < -0.3 is 16.4 Å². The third-order valence-corrected chi connectivity index (χ3v) is 3.48. The molecule has 3 unspecified atom stereocenters.